The van der Waals surface area contributed by atoms with E-state index in [9.17, 15) is 0 Å². The van der Waals surface area contributed by atoms with Crippen LogP contribution in [0.25, 0.3) is 0 Å². The SMILES string of the molecule is CC(C)(CI)OCC1CCCCO1. The van der Waals surface area contributed by atoms with Gasteiger partial charge in [-0.25, -0.2) is 0 Å². The summed E-state index contributed by atoms with van der Waals surface area (Å²) in [5, 5.41) is 0. The predicted molar refractivity (Wildman–Crippen MR) is 62.5 cm³/mol. The molecule has 3 heteroatoms. The van der Waals surface area contributed by atoms with E-state index < -0.39 is 0 Å². The van der Waals surface area contributed by atoms with Crippen molar-refractivity contribution in [3.05, 3.63) is 0 Å². The van der Waals surface area contributed by atoms with Crippen molar-refractivity contribution in [1.82, 2.24) is 0 Å². The highest BCUT2D eigenvalue weighted by Gasteiger charge is 2.20. The first-order chi connectivity index (χ1) is 6.14. The Hall–Kier alpha value is 0.650. The molecule has 1 fully saturated rings. The van der Waals surface area contributed by atoms with Gasteiger partial charge < -0.3 is 9.47 Å². The van der Waals surface area contributed by atoms with Crippen LogP contribution in [0, 0.1) is 0 Å². The van der Waals surface area contributed by atoms with Crippen molar-refractivity contribution in [3.8, 4) is 0 Å². The maximum absolute atomic E-state index is 5.79. The van der Waals surface area contributed by atoms with Crippen molar-refractivity contribution in [1.29, 1.82) is 0 Å². The maximum atomic E-state index is 5.79. The monoisotopic (exact) mass is 298 g/mol. The molecule has 1 saturated heterocycles. The summed E-state index contributed by atoms with van der Waals surface area (Å²) < 4.78 is 12.4. The van der Waals surface area contributed by atoms with Gasteiger partial charge in [0.1, 0.15) is 0 Å². The Morgan fingerprint density at radius 1 is 1.46 bits per heavy atom. The van der Waals surface area contributed by atoms with Crippen molar-refractivity contribution in [2.45, 2.75) is 44.8 Å². The Morgan fingerprint density at radius 3 is 2.77 bits per heavy atom. The van der Waals surface area contributed by atoms with Crippen LogP contribution in [0.1, 0.15) is 33.1 Å². The third-order valence-electron chi connectivity index (χ3n) is 2.26. The molecule has 1 rings (SSSR count). The molecule has 0 saturated carbocycles. The summed E-state index contributed by atoms with van der Waals surface area (Å²) in [4.78, 5) is 0. The Balaban J connectivity index is 2.17. The minimum Gasteiger partial charge on any atom is -0.376 e. The first-order valence-electron chi connectivity index (χ1n) is 4.95. The van der Waals surface area contributed by atoms with Gasteiger partial charge in [-0.15, -0.1) is 0 Å². The summed E-state index contributed by atoms with van der Waals surface area (Å²) in [5.74, 6) is 0. The van der Waals surface area contributed by atoms with E-state index in [2.05, 4.69) is 36.4 Å². The minimum absolute atomic E-state index is 0.00136. The van der Waals surface area contributed by atoms with Crippen molar-refractivity contribution in [3.63, 3.8) is 0 Å². The zero-order chi connectivity index (χ0) is 9.73. The van der Waals surface area contributed by atoms with E-state index in [0.717, 1.165) is 24.1 Å². The van der Waals surface area contributed by atoms with E-state index in [0.29, 0.717) is 6.10 Å². The quantitative estimate of drug-likeness (QED) is 0.587. The number of halogens is 1. The number of hydrogen-bond acceptors (Lipinski definition) is 2. The number of rotatable bonds is 4. The van der Waals surface area contributed by atoms with Crippen LogP contribution in [0.4, 0.5) is 0 Å². The molecule has 0 bridgehead atoms. The van der Waals surface area contributed by atoms with Gasteiger partial charge in [-0.2, -0.15) is 0 Å². The van der Waals surface area contributed by atoms with Crippen LogP contribution in [-0.4, -0.2) is 29.3 Å². The van der Waals surface area contributed by atoms with Crippen LogP contribution >= 0.6 is 22.6 Å². The smallest absolute Gasteiger partial charge is 0.0808 e. The molecule has 0 amide bonds. The zero-order valence-electron chi connectivity index (χ0n) is 8.51. The van der Waals surface area contributed by atoms with E-state index in [4.69, 9.17) is 9.47 Å². The standard InChI is InChI=1S/C10H19IO2/c1-10(2,8-11)13-7-9-5-3-4-6-12-9/h9H,3-8H2,1-2H3. The molecule has 0 radical (unpaired) electrons. The molecule has 0 aromatic heterocycles. The number of alkyl halides is 1. The molecule has 0 aromatic rings. The molecular weight excluding hydrogens is 279 g/mol. The Bertz CT molecular complexity index is 142. The van der Waals surface area contributed by atoms with Crippen LogP contribution in [0.3, 0.4) is 0 Å². The average Bonchev–Trinajstić information content (AvgIpc) is 2.17. The van der Waals surface area contributed by atoms with E-state index in [1.54, 1.807) is 0 Å². The lowest BCUT2D eigenvalue weighted by Gasteiger charge is -2.28. The topological polar surface area (TPSA) is 18.5 Å². The van der Waals surface area contributed by atoms with Crippen LogP contribution < -0.4 is 0 Å². The summed E-state index contributed by atoms with van der Waals surface area (Å²) in [5.41, 5.74) is 0.00136. The first kappa shape index (κ1) is 11.7. The second kappa shape index (κ2) is 5.51. The Labute approximate surface area is 94.5 Å². The van der Waals surface area contributed by atoms with Crippen molar-refractivity contribution >= 4 is 22.6 Å². The van der Waals surface area contributed by atoms with E-state index in [-0.39, 0.29) is 5.60 Å². The van der Waals surface area contributed by atoms with Crippen LogP contribution in [0.5, 0.6) is 0 Å². The van der Waals surface area contributed by atoms with E-state index in [1.807, 2.05) is 0 Å². The second-order valence-electron chi connectivity index (χ2n) is 4.19. The molecule has 0 aliphatic carbocycles. The fourth-order valence-corrected chi connectivity index (χ4v) is 1.52. The van der Waals surface area contributed by atoms with Gasteiger partial charge in [0.15, 0.2) is 0 Å². The summed E-state index contributed by atoms with van der Waals surface area (Å²) in [6.45, 7) is 5.93. The molecule has 1 unspecified atom stereocenters. The highest BCUT2D eigenvalue weighted by molar-refractivity contribution is 14.1. The number of hydrogen-bond donors (Lipinski definition) is 0. The normalized spacial score (nSPS) is 24.7. The van der Waals surface area contributed by atoms with Crippen molar-refractivity contribution in [2.24, 2.45) is 0 Å². The summed E-state index contributed by atoms with van der Waals surface area (Å²) in [6, 6.07) is 0. The van der Waals surface area contributed by atoms with Crippen LogP contribution in [0.15, 0.2) is 0 Å². The fraction of sp³-hybridized carbons (Fsp3) is 1.00. The van der Waals surface area contributed by atoms with Gasteiger partial charge in [0, 0.05) is 11.0 Å². The zero-order valence-corrected chi connectivity index (χ0v) is 10.7. The summed E-state index contributed by atoms with van der Waals surface area (Å²) in [7, 11) is 0. The highest BCUT2D eigenvalue weighted by Crippen LogP contribution is 2.17. The lowest BCUT2D eigenvalue weighted by Crippen LogP contribution is -2.33. The van der Waals surface area contributed by atoms with E-state index >= 15 is 0 Å². The fourth-order valence-electron chi connectivity index (χ4n) is 1.30. The predicted octanol–water partition coefficient (Wildman–Crippen LogP) is 2.79. The first-order valence-corrected chi connectivity index (χ1v) is 6.48. The molecule has 0 spiro atoms. The van der Waals surface area contributed by atoms with Gasteiger partial charge in [0.2, 0.25) is 0 Å². The van der Waals surface area contributed by atoms with Crippen molar-refractivity contribution < 1.29 is 9.47 Å². The maximum Gasteiger partial charge on any atom is 0.0808 e. The Kier molecular flexibility index (Phi) is 4.97. The third-order valence-corrected chi connectivity index (χ3v) is 4.09. The molecule has 13 heavy (non-hydrogen) atoms. The van der Waals surface area contributed by atoms with Crippen LogP contribution in [-0.2, 0) is 9.47 Å². The van der Waals surface area contributed by atoms with Gasteiger partial charge in [0.05, 0.1) is 18.3 Å². The third kappa shape index (κ3) is 4.61. The van der Waals surface area contributed by atoms with Gasteiger partial charge >= 0.3 is 0 Å². The van der Waals surface area contributed by atoms with Gasteiger partial charge in [-0.05, 0) is 33.1 Å². The lowest BCUT2D eigenvalue weighted by molar-refractivity contribution is -0.0836. The van der Waals surface area contributed by atoms with Crippen LogP contribution in [0.2, 0.25) is 0 Å². The molecular formula is C10H19IO2. The van der Waals surface area contributed by atoms with Gasteiger partial charge in [-0.1, -0.05) is 22.6 Å². The van der Waals surface area contributed by atoms with E-state index in [1.165, 1.54) is 12.8 Å². The second-order valence-corrected chi connectivity index (χ2v) is 4.96. The minimum atomic E-state index is 0.00136. The molecule has 0 aromatic carbocycles. The largest absolute Gasteiger partial charge is 0.376 e. The molecule has 1 atom stereocenters. The molecule has 1 heterocycles. The molecule has 1 aliphatic rings. The Morgan fingerprint density at radius 2 is 2.23 bits per heavy atom. The van der Waals surface area contributed by atoms with Gasteiger partial charge in [-0.3, -0.25) is 0 Å². The summed E-state index contributed by atoms with van der Waals surface area (Å²) in [6.07, 6.45) is 4.01. The lowest BCUT2D eigenvalue weighted by atomic mass is 10.1. The molecule has 2 nitrogen and oxygen atoms in total. The molecule has 78 valence electrons. The summed E-state index contributed by atoms with van der Waals surface area (Å²) >= 11 is 2.36. The number of ether oxygens (including phenoxy) is 2. The average molecular weight is 298 g/mol. The molecule has 0 N–H and O–H groups in total. The van der Waals surface area contributed by atoms with Crippen molar-refractivity contribution in [2.75, 3.05) is 17.6 Å². The van der Waals surface area contributed by atoms with Gasteiger partial charge in [0.25, 0.3) is 0 Å². The highest BCUT2D eigenvalue weighted by atomic mass is 127. The molecule has 1 aliphatic heterocycles.